The Hall–Kier alpha value is -3.22. The summed E-state index contributed by atoms with van der Waals surface area (Å²) in [5.41, 5.74) is 0.569. The topological polar surface area (TPSA) is 86.8 Å². The van der Waals surface area contributed by atoms with Crippen molar-refractivity contribution in [1.29, 1.82) is 0 Å². The van der Waals surface area contributed by atoms with E-state index in [0.717, 1.165) is 34.1 Å². The molecular formula is C17H15N3O4. The minimum Gasteiger partial charge on any atom is -0.345 e. The van der Waals surface area contributed by atoms with Crippen molar-refractivity contribution in [2.45, 2.75) is 19.1 Å². The average molecular weight is 325 g/mol. The molecule has 1 aromatic rings. The Morgan fingerprint density at radius 1 is 0.792 bits per heavy atom. The molecule has 0 bridgehead atoms. The fourth-order valence-electron chi connectivity index (χ4n) is 2.90. The first kappa shape index (κ1) is 15.7. The highest BCUT2D eigenvalue weighted by molar-refractivity contribution is 6.17. The third kappa shape index (κ3) is 2.30. The van der Waals surface area contributed by atoms with E-state index in [4.69, 9.17) is 0 Å². The third-order valence-corrected chi connectivity index (χ3v) is 3.97. The number of anilines is 1. The molecular weight excluding hydrogens is 310 g/mol. The number of rotatable bonds is 5. The first-order valence-electron chi connectivity index (χ1n) is 7.45. The summed E-state index contributed by atoms with van der Waals surface area (Å²) in [6.45, 7) is 1.69. The van der Waals surface area contributed by atoms with Crippen molar-refractivity contribution in [1.82, 2.24) is 9.80 Å². The lowest BCUT2D eigenvalue weighted by Gasteiger charge is -2.45. The van der Waals surface area contributed by atoms with Crippen LogP contribution in [0.4, 0.5) is 5.69 Å². The number of para-hydroxylation sites is 1. The van der Waals surface area contributed by atoms with Crippen molar-refractivity contribution >= 4 is 29.3 Å². The number of hydrogen-bond acceptors (Lipinski definition) is 5. The minimum absolute atomic E-state index is 0.125. The third-order valence-electron chi connectivity index (χ3n) is 3.97. The van der Waals surface area contributed by atoms with Crippen LogP contribution in [0, 0.1) is 0 Å². The molecule has 2 heterocycles. The Morgan fingerprint density at radius 2 is 1.21 bits per heavy atom. The SMILES string of the molecule is CCC(Nc1ccccc1)(N1C(=O)C=CC1=O)N1C(=O)C=CC1=O. The van der Waals surface area contributed by atoms with E-state index in [1.54, 1.807) is 37.3 Å². The van der Waals surface area contributed by atoms with Crippen LogP contribution in [0.3, 0.4) is 0 Å². The van der Waals surface area contributed by atoms with Gasteiger partial charge in [0.1, 0.15) is 0 Å². The zero-order chi connectivity index (χ0) is 17.3. The van der Waals surface area contributed by atoms with Crippen LogP contribution in [-0.2, 0) is 19.2 Å². The van der Waals surface area contributed by atoms with Gasteiger partial charge in [-0.05, 0) is 12.1 Å². The van der Waals surface area contributed by atoms with Gasteiger partial charge in [0, 0.05) is 36.4 Å². The molecule has 1 N–H and O–H groups in total. The Kier molecular flexibility index (Phi) is 3.76. The van der Waals surface area contributed by atoms with Crippen molar-refractivity contribution < 1.29 is 19.2 Å². The second-order valence-electron chi connectivity index (χ2n) is 5.35. The highest BCUT2D eigenvalue weighted by atomic mass is 16.2. The molecule has 0 atom stereocenters. The normalized spacial score (nSPS) is 17.4. The lowest BCUT2D eigenvalue weighted by atomic mass is 10.1. The van der Waals surface area contributed by atoms with Crippen LogP contribution >= 0.6 is 0 Å². The van der Waals surface area contributed by atoms with E-state index in [1.807, 2.05) is 0 Å². The molecule has 0 aliphatic carbocycles. The van der Waals surface area contributed by atoms with Crippen LogP contribution in [-0.4, -0.2) is 39.2 Å². The van der Waals surface area contributed by atoms with Gasteiger partial charge < -0.3 is 5.32 Å². The molecule has 2 aliphatic rings. The fourth-order valence-corrected chi connectivity index (χ4v) is 2.90. The molecule has 0 saturated heterocycles. The first-order chi connectivity index (χ1) is 11.5. The second-order valence-corrected chi connectivity index (χ2v) is 5.35. The lowest BCUT2D eigenvalue weighted by molar-refractivity contribution is -0.161. The van der Waals surface area contributed by atoms with Gasteiger partial charge in [0.25, 0.3) is 23.6 Å². The van der Waals surface area contributed by atoms with Gasteiger partial charge in [-0.3, -0.25) is 19.2 Å². The van der Waals surface area contributed by atoms with E-state index in [2.05, 4.69) is 5.32 Å². The summed E-state index contributed by atoms with van der Waals surface area (Å²) in [6, 6.07) is 8.78. The van der Waals surface area contributed by atoms with Crippen LogP contribution in [0.5, 0.6) is 0 Å². The summed E-state index contributed by atoms with van der Waals surface area (Å²) < 4.78 is 0. The number of amides is 4. The van der Waals surface area contributed by atoms with Gasteiger partial charge in [0.15, 0.2) is 0 Å². The molecule has 1 aromatic carbocycles. The van der Waals surface area contributed by atoms with E-state index in [9.17, 15) is 19.2 Å². The zero-order valence-corrected chi connectivity index (χ0v) is 12.9. The number of imide groups is 2. The summed E-state index contributed by atoms with van der Waals surface area (Å²) in [6.07, 6.45) is 4.62. The summed E-state index contributed by atoms with van der Waals surface area (Å²) >= 11 is 0. The monoisotopic (exact) mass is 325 g/mol. The summed E-state index contributed by atoms with van der Waals surface area (Å²) in [5.74, 6) is -3.96. The van der Waals surface area contributed by atoms with Gasteiger partial charge >= 0.3 is 0 Å². The maximum absolute atomic E-state index is 12.3. The van der Waals surface area contributed by atoms with Gasteiger partial charge in [-0.1, -0.05) is 25.1 Å². The molecule has 0 fully saturated rings. The first-order valence-corrected chi connectivity index (χ1v) is 7.45. The van der Waals surface area contributed by atoms with Crippen LogP contribution in [0.2, 0.25) is 0 Å². The summed E-state index contributed by atoms with van der Waals surface area (Å²) in [7, 11) is 0. The second kappa shape index (κ2) is 5.77. The minimum atomic E-state index is -1.61. The number of benzene rings is 1. The quantitative estimate of drug-likeness (QED) is 0.817. The van der Waals surface area contributed by atoms with Crippen LogP contribution in [0.25, 0.3) is 0 Å². The van der Waals surface area contributed by atoms with Crippen molar-refractivity contribution in [2.24, 2.45) is 0 Å². The molecule has 24 heavy (non-hydrogen) atoms. The van der Waals surface area contributed by atoms with Gasteiger partial charge in [-0.2, -0.15) is 0 Å². The van der Waals surface area contributed by atoms with Gasteiger partial charge in [-0.25, -0.2) is 9.80 Å². The van der Waals surface area contributed by atoms with E-state index < -0.39 is 29.4 Å². The highest BCUT2D eigenvalue weighted by Gasteiger charge is 2.52. The van der Waals surface area contributed by atoms with Crippen molar-refractivity contribution in [3.63, 3.8) is 0 Å². The molecule has 0 aromatic heterocycles. The largest absolute Gasteiger partial charge is 0.345 e. The smallest absolute Gasteiger partial charge is 0.257 e. The predicted molar refractivity (Wildman–Crippen MR) is 85.1 cm³/mol. The average Bonchev–Trinajstić information content (AvgIpc) is 3.09. The predicted octanol–water partition coefficient (Wildman–Crippen LogP) is 1.01. The van der Waals surface area contributed by atoms with Crippen LogP contribution in [0.15, 0.2) is 54.6 Å². The maximum Gasteiger partial charge on any atom is 0.257 e. The number of nitrogens with zero attached hydrogens (tertiary/aromatic N) is 2. The fraction of sp³-hybridized carbons (Fsp3) is 0.176. The summed E-state index contributed by atoms with van der Waals surface area (Å²) in [4.78, 5) is 50.8. The van der Waals surface area contributed by atoms with Crippen molar-refractivity contribution in [3.8, 4) is 0 Å². The number of nitrogens with one attached hydrogen (secondary N) is 1. The molecule has 0 radical (unpaired) electrons. The van der Waals surface area contributed by atoms with Gasteiger partial charge in [-0.15, -0.1) is 0 Å². The summed E-state index contributed by atoms with van der Waals surface area (Å²) in [5, 5.41) is 3.04. The zero-order valence-electron chi connectivity index (χ0n) is 12.9. The number of carbonyl (C=O) groups excluding carboxylic acids is 4. The van der Waals surface area contributed by atoms with Gasteiger partial charge in [0.2, 0.25) is 5.79 Å². The molecule has 7 nitrogen and oxygen atoms in total. The molecule has 122 valence electrons. The number of carbonyl (C=O) groups is 4. The lowest BCUT2D eigenvalue weighted by Crippen LogP contribution is -2.68. The van der Waals surface area contributed by atoms with E-state index in [-0.39, 0.29) is 6.42 Å². The van der Waals surface area contributed by atoms with Crippen molar-refractivity contribution in [2.75, 3.05) is 5.32 Å². The van der Waals surface area contributed by atoms with Crippen LogP contribution < -0.4 is 5.32 Å². The Balaban J connectivity index is 2.12. The highest BCUT2D eigenvalue weighted by Crippen LogP contribution is 2.32. The standard InChI is InChI=1S/C17H15N3O4/c1-2-17(18-12-6-4-3-5-7-12,19-13(21)8-9-14(19)22)20-15(23)10-11-16(20)24/h3-11,18H,2H2,1H3. The number of hydrogen-bond donors (Lipinski definition) is 1. The van der Waals surface area contributed by atoms with E-state index in [0.29, 0.717) is 5.69 Å². The Labute approximate surface area is 138 Å². The Morgan fingerprint density at radius 3 is 1.58 bits per heavy atom. The molecule has 7 heteroatoms. The molecule has 0 spiro atoms. The van der Waals surface area contributed by atoms with E-state index in [1.165, 1.54) is 0 Å². The molecule has 3 rings (SSSR count). The van der Waals surface area contributed by atoms with Crippen molar-refractivity contribution in [3.05, 3.63) is 54.6 Å². The molecule has 0 saturated carbocycles. The molecule has 0 unspecified atom stereocenters. The molecule has 4 amide bonds. The Bertz CT molecular complexity index is 704. The van der Waals surface area contributed by atoms with E-state index >= 15 is 0 Å². The van der Waals surface area contributed by atoms with Gasteiger partial charge in [0.05, 0.1) is 0 Å². The maximum atomic E-state index is 12.3. The molecule has 2 aliphatic heterocycles. The van der Waals surface area contributed by atoms with Crippen LogP contribution in [0.1, 0.15) is 13.3 Å².